The minimum Gasteiger partial charge on any atom is -0.491 e. The molecule has 3 N–H and O–H groups in total. The van der Waals surface area contributed by atoms with E-state index in [1.54, 1.807) is 0 Å². The van der Waals surface area contributed by atoms with Gasteiger partial charge in [0.1, 0.15) is 24.2 Å². The molecule has 6 nitrogen and oxygen atoms in total. The van der Waals surface area contributed by atoms with Gasteiger partial charge in [0.05, 0.1) is 0 Å². The van der Waals surface area contributed by atoms with Crippen molar-refractivity contribution < 1.29 is 14.7 Å². The second-order valence-corrected chi connectivity index (χ2v) is 7.67. The van der Waals surface area contributed by atoms with Crippen LogP contribution in [0.4, 0.5) is 5.69 Å². The first kappa shape index (κ1) is 21.4. The molecule has 1 aliphatic heterocycles. The van der Waals surface area contributed by atoms with Gasteiger partial charge in [0, 0.05) is 32.4 Å². The minimum absolute atomic E-state index is 0.286. The lowest BCUT2D eigenvalue weighted by atomic mass is 9.98. The molecule has 29 heavy (non-hydrogen) atoms. The van der Waals surface area contributed by atoms with E-state index in [9.17, 15) is 5.11 Å². The van der Waals surface area contributed by atoms with Crippen LogP contribution in [0.2, 0.25) is 0 Å². The molecule has 1 atom stereocenters. The Labute approximate surface area is 173 Å². The molecule has 1 aliphatic rings. The first-order valence-corrected chi connectivity index (χ1v) is 10.4. The number of rotatable bonds is 10. The number of benzene rings is 2. The van der Waals surface area contributed by atoms with E-state index in [-0.39, 0.29) is 6.61 Å². The monoisotopic (exact) mass is 399 g/mol. The van der Waals surface area contributed by atoms with E-state index in [0.717, 1.165) is 49.7 Å². The Morgan fingerprint density at radius 1 is 1.03 bits per heavy atom. The smallest absolute Gasteiger partial charge is 0.147 e. The molecule has 2 aromatic carbocycles. The number of anilines is 1. The van der Waals surface area contributed by atoms with Gasteiger partial charge in [-0.05, 0) is 68.6 Å². The summed E-state index contributed by atoms with van der Waals surface area (Å²) in [5.74, 6) is 2.27. The van der Waals surface area contributed by atoms with Crippen molar-refractivity contribution in [2.75, 3.05) is 45.2 Å². The van der Waals surface area contributed by atoms with Crippen LogP contribution in [0.5, 0.6) is 11.5 Å². The van der Waals surface area contributed by atoms with E-state index in [1.165, 1.54) is 5.56 Å². The molecule has 0 spiro atoms. The topological polar surface area (TPSA) is 66.0 Å². The van der Waals surface area contributed by atoms with Crippen molar-refractivity contribution >= 4 is 5.69 Å². The summed E-state index contributed by atoms with van der Waals surface area (Å²) in [5.41, 5.74) is 2.27. The summed E-state index contributed by atoms with van der Waals surface area (Å²) in [6.45, 7) is 5.66. The maximum absolute atomic E-state index is 10.1. The predicted octanol–water partition coefficient (Wildman–Crippen LogP) is 3.07. The molecule has 1 unspecified atom stereocenters. The van der Waals surface area contributed by atoms with Crippen LogP contribution in [0.15, 0.2) is 48.5 Å². The van der Waals surface area contributed by atoms with Gasteiger partial charge in [0.2, 0.25) is 0 Å². The Bertz CT molecular complexity index is 713. The largest absolute Gasteiger partial charge is 0.491 e. The van der Waals surface area contributed by atoms with Gasteiger partial charge >= 0.3 is 0 Å². The van der Waals surface area contributed by atoms with Gasteiger partial charge in [-0.1, -0.05) is 17.7 Å². The summed E-state index contributed by atoms with van der Waals surface area (Å²) < 4.78 is 5.65. The third-order valence-corrected chi connectivity index (χ3v) is 5.23. The maximum Gasteiger partial charge on any atom is 0.147 e. The molecule has 0 saturated carbocycles. The van der Waals surface area contributed by atoms with Gasteiger partial charge in [-0.25, -0.2) is 0 Å². The van der Waals surface area contributed by atoms with E-state index in [0.29, 0.717) is 12.5 Å². The van der Waals surface area contributed by atoms with Crippen molar-refractivity contribution in [2.24, 2.45) is 5.92 Å². The van der Waals surface area contributed by atoms with E-state index in [4.69, 9.17) is 9.57 Å². The third-order valence-electron chi connectivity index (χ3n) is 5.23. The van der Waals surface area contributed by atoms with Crippen LogP contribution in [0.3, 0.4) is 0 Å². The number of hydroxylamine groups is 2. The fraction of sp³-hybridized carbons (Fsp3) is 0.478. The fourth-order valence-electron chi connectivity index (χ4n) is 3.38. The highest BCUT2D eigenvalue weighted by atomic mass is 16.7. The maximum atomic E-state index is 10.1. The molecular weight excluding hydrogens is 366 g/mol. The van der Waals surface area contributed by atoms with E-state index >= 15 is 0 Å². The Kier molecular flexibility index (Phi) is 8.16. The molecule has 3 rings (SSSR count). The van der Waals surface area contributed by atoms with Crippen molar-refractivity contribution in [3.63, 3.8) is 0 Å². The van der Waals surface area contributed by atoms with Gasteiger partial charge in [-0.2, -0.15) is 0 Å². The van der Waals surface area contributed by atoms with Crippen LogP contribution in [0.25, 0.3) is 0 Å². The SMILES string of the molecule is CNc1ccc(OCC(O)CNCC2CCN(Oc3ccc(C)cc3)CC2)cc1. The second-order valence-electron chi connectivity index (χ2n) is 7.67. The van der Waals surface area contributed by atoms with Crippen molar-refractivity contribution in [2.45, 2.75) is 25.9 Å². The molecule has 0 bridgehead atoms. The number of hydrogen-bond donors (Lipinski definition) is 3. The molecule has 1 saturated heterocycles. The second kappa shape index (κ2) is 11.0. The predicted molar refractivity (Wildman–Crippen MR) is 116 cm³/mol. The molecule has 0 amide bonds. The summed E-state index contributed by atoms with van der Waals surface area (Å²) in [5, 5.41) is 18.6. The summed E-state index contributed by atoms with van der Waals surface area (Å²) >= 11 is 0. The molecule has 0 aliphatic carbocycles. The first-order valence-electron chi connectivity index (χ1n) is 10.4. The van der Waals surface area contributed by atoms with Crippen molar-refractivity contribution in [3.05, 3.63) is 54.1 Å². The van der Waals surface area contributed by atoms with E-state index < -0.39 is 6.10 Å². The minimum atomic E-state index is -0.524. The number of ether oxygens (including phenoxy) is 1. The van der Waals surface area contributed by atoms with Gasteiger partial charge in [-0.3, -0.25) is 0 Å². The molecule has 1 heterocycles. The van der Waals surface area contributed by atoms with Crippen molar-refractivity contribution in [1.29, 1.82) is 0 Å². The highest BCUT2D eigenvalue weighted by molar-refractivity contribution is 5.45. The summed E-state index contributed by atoms with van der Waals surface area (Å²) in [6, 6.07) is 15.9. The van der Waals surface area contributed by atoms with Crippen LogP contribution in [-0.4, -0.2) is 56.1 Å². The number of piperidine rings is 1. The highest BCUT2D eigenvalue weighted by Crippen LogP contribution is 2.20. The van der Waals surface area contributed by atoms with Crippen LogP contribution >= 0.6 is 0 Å². The number of hydrogen-bond acceptors (Lipinski definition) is 6. The van der Waals surface area contributed by atoms with Crippen LogP contribution < -0.4 is 20.2 Å². The number of aliphatic hydroxyl groups is 1. The summed E-state index contributed by atoms with van der Waals surface area (Å²) in [4.78, 5) is 5.94. The molecule has 6 heteroatoms. The third kappa shape index (κ3) is 7.24. The standard InChI is InChI=1S/C23H33N3O3/c1-18-3-7-23(8-4-18)29-26-13-11-19(12-14-26)15-25-16-21(27)17-28-22-9-5-20(24-2)6-10-22/h3-10,19,21,24-25,27H,11-17H2,1-2H3. The molecule has 158 valence electrons. The van der Waals surface area contributed by atoms with Gasteiger partial charge < -0.3 is 25.3 Å². The van der Waals surface area contributed by atoms with Crippen molar-refractivity contribution in [1.82, 2.24) is 10.4 Å². The number of aliphatic hydroxyl groups excluding tert-OH is 1. The van der Waals surface area contributed by atoms with E-state index in [1.807, 2.05) is 48.5 Å². The summed E-state index contributed by atoms with van der Waals surface area (Å²) in [7, 11) is 1.88. The zero-order valence-electron chi connectivity index (χ0n) is 17.4. The Balaban J connectivity index is 1.27. The van der Waals surface area contributed by atoms with Crippen LogP contribution in [0, 0.1) is 12.8 Å². The average Bonchev–Trinajstić information content (AvgIpc) is 2.75. The quantitative estimate of drug-likeness (QED) is 0.571. The van der Waals surface area contributed by atoms with Gasteiger partial charge in [-0.15, -0.1) is 5.06 Å². The Morgan fingerprint density at radius 2 is 1.69 bits per heavy atom. The van der Waals surface area contributed by atoms with E-state index in [2.05, 4.69) is 29.7 Å². The molecular formula is C23H33N3O3. The first-order chi connectivity index (χ1) is 14.1. The zero-order chi connectivity index (χ0) is 20.5. The Morgan fingerprint density at radius 3 is 2.34 bits per heavy atom. The van der Waals surface area contributed by atoms with Gasteiger partial charge in [0.15, 0.2) is 0 Å². The zero-order valence-corrected chi connectivity index (χ0v) is 17.4. The molecule has 0 aromatic heterocycles. The number of aryl methyl sites for hydroxylation is 1. The molecule has 0 radical (unpaired) electrons. The fourth-order valence-corrected chi connectivity index (χ4v) is 3.38. The lowest BCUT2D eigenvalue weighted by Crippen LogP contribution is -2.40. The van der Waals surface area contributed by atoms with Gasteiger partial charge in [0.25, 0.3) is 0 Å². The van der Waals surface area contributed by atoms with Crippen LogP contribution in [-0.2, 0) is 0 Å². The highest BCUT2D eigenvalue weighted by Gasteiger charge is 2.20. The number of nitrogens with one attached hydrogen (secondary N) is 2. The summed E-state index contributed by atoms with van der Waals surface area (Å²) in [6.07, 6.45) is 1.65. The molecule has 2 aromatic rings. The lowest BCUT2D eigenvalue weighted by Gasteiger charge is -2.31. The average molecular weight is 400 g/mol. The Hall–Kier alpha value is -2.28. The number of nitrogens with zero attached hydrogens (tertiary/aromatic N) is 1. The van der Waals surface area contributed by atoms with Crippen molar-refractivity contribution in [3.8, 4) is 11.5 Å². The molecule has 1 fully saturated rings. The van der Waals surface area contributed by atoms with Crippen LogP contribution in [0.1, 0.15) is 18.4 Å². The lowest BCUT2D eigenvalue weighted by molar-refractivity contribution is -0.0815. The normalized spacial score (nSPS) is 16.4.